The summed E-state index contributed by atoms with van der Waals surface area (Å²) >= 11 is 0. The molecule has 0 aromatic carbocycles. The number of aromatic nitrogens is 4. The van der Waals surface area contributed by atoms with Gasteiger partial charge in [-0.3, -0.25) is 4.79 Å². The van der Waals surface area contributed by atoms with Crippen molar-refractivity contribution in [2.75, 3.05) is 0 Å². The summed E-state index contributed by atoms with van der Waals surface area (Å²) in [5.74, 6) is 0.203. The molecule has 0 spiro atoms. The van der Waals surface area contributed by atoms with E-state index in [9.17, 15) is 4.79 Å². The summed E-state index contributed by atoms with van der Waals surface area (Å²) in [4.78, 5) is 18.7. The van der Waals surface area contributed by atoms with Crippen LogP contribution in [-0.4, -0.2) is 30.7 Å². The van der Waals surface area contributed by atoms with Gasteiger partial charge in [-0.05, 0) is 18.2 Å². The minimum atomic E-state index is -0.981. The fourth-order valence-electron chi connectivity index (χ4n) is 1.66. The van der Waals surface area contributed by atoms with Crippen molar-refractivity contribution in [2.24, 2.45) is 0 Å². The lowest BCUT2D eigenvalue weighted by Crippen LogP contribution is -2.02. The lowest BCUT2D eigenvalue weighted by molar-refractivity contribution is -0.136. The molecule has 1 N–H and O–H groups in total. The first kappa shape index (κ1) is 10.5. The van der Waals surface area contributed by atoms with Gasteiger partial charge in [0.25, 0.3) is 5.78 Å². The van der Waals surface area contributed by atoms with E-state index < -0.39 is 5.97 Å². The molecule has 3 rings (SSSR count). The zero-order chi connectivity index (χ0) is 12.5. The van der Waals surface area contributed by atoms with Crippen LogP contribution >= 0.6 is 0 Å². The molecule has 0 unspecified atom stereocenters. The smallest absolute Gasteiger partial charge is 0.311 e. The molecule has 0 saturated heterocycles. The third-order valence-electron chi connectivity index (χ3n) is 2.37. The Kier molecular flexibility index (Phi) is 2.30. The lowest BCUT2D eigenvalue weighted by atomic mass is 10.3. The Morgan fingerprint density at radius 2 is 2.33 bits per heavy atom. The number of nitrogens with zero attached hydrogens (tertiary/aromatic N) is 4. The predicted octanol–water partition coefficient (Wildman–Crippen LogP) is 1.01. The number of carboxylic acid groups (broad SMARTS) is 1. The summed E-state index contributed by atoms with van der Waals surface area (Å²) in [7, 11) is 0. The van der Waals surface area contributed by atoms with Gasteiger partial charge in [-0.2, -0.15) is 9.50 Å². The molecule has 0 aliphatic heterocycles. The van der Waals surface area contributed by atoms with Gasteiger partial charge in [0.2, 0.25) is 0 Å². The first-order valence-electron chi connectivity index (χ1n) is 5.20. The maximum Gasteiger partial charge on any atom is 0.311 e. The summed E-state index contributed by atoms with van der Waals surface area (Å²) in [6.07, 6.45) is 2.89. The van der Waals surface area contributed by atoms with Crippen molar-refractivity contribution in [1.29, 1.82) is 0 Å². The van der Waals surface area contributed by atoms with E-state index in [4.69, 9.17) is 9.52 Å². The molecule has 0 amide bonds. The van der Waals surface area contributed by atoms with Gasteiger partial charge in [-0.15, -0.1) is 5.10 Å². The molecule has 0 fully saturated rings. The highest BCUT2D eigenvalue weighted by atomic mass is 16.4. The number of carbonyl (C=O) groups is 1. The first-order valence-corrected chi connectivity index (χ1v) is 5.20. The molecule has 3 aromatic rings. The fraction of sp³-hybridized carbons (Fsp3) is 0.0909. The van der Waals surface area contributed by atoms with Gasteiger partial charge in [0.15, 0.2) is 11.6 Å². The first-order chi connectivity index (χ1) is 8.74. The minimum absolute atomic E-state index is 0.217. The molecule has 3 heterocycles. The van der Waals surface area contributed by atoms with E-state index in [2.05, 4.69) is 15.1 Å². The van der Waals surface area contributed by atoms with Crippen LogP contribution in [0.2, 0.25) is 0 Å². The van der Waals surface area contributed by atoms with E-state index in [1.807, 2.05) is 0 Å². The zero-order valence-electron chi connectivity index (χ0n) is 9.15. The molecule has 0 aliphatic rings. The van der Waals surface area contributed by atoms with Gasteiger partial charge in [-0.25, -0.2) is 4.98 Å². The van der Waals surface area contributed by atoms with Gasteiger partial charge >= 0.3 is 5.97 Å². The van der Waals surface area contributed by atoms with E-state index in [0.717, 1.165) is 0 Å². The van der Waals surface area contributed by atoms with Crippen LogP contribution in [0.3, 0.4) is 0 Å². The number of hydrogen-bond acceptors (Lipinski definition) is 5. The molecule has 18 heavy (non-hydrogen) atoms. The minimum Gasteiger partial charge on any atom is -0.481 e. The van der Waals surface area contributed by atoms with E-state index in [0.29, 0.717) is 17.2 Å². The zero-order valence-corrected chi connectivity index (χ0v) is 9.15. The quantitative estimate of drug-likeness (QED) is 0.739. The van der Waals surface area contributed by atoms with Crippen LogP contribution in [0.25, 0.3) is 17.2 Å². The number of furan rings is 1. The van der Waals surface area contributed by atoms with Crippen LogP contribution < -0.4 is 0 Å². The SMILES string of the molecule is O=C(O)Cc1nc2nccc(-c3ccco3)n2n1. The summed E-state index contributed by atoms with van der Waals surface area (Å²) in [5, 5.41) is 12.8. The predicted molar refractivity (Wildman–Crippen MR) is 59.8 cm³/mol. The monoisotopic (exact) mass is 244 g/mol. The Morgan fingerprint density at radius 3 is 3.06 bits per heavy atom. The second-order valence-electron chi connectivity index (χ2n) is 3.62. The topological polar surface area (TPSA) is 93.5 Å². The van der Waals surface area contributed by atoms with Gasteiger partial charge in [0, 0.05) is 6.20 Å². The van der Waals surface area contributed by atoms with Gasteiger partial charge < -0.3 is 9.52 Å². The summed E-state index contributed by atoms with van der Waals surface area (Å²) in [6.45, 7) is 0. The van der Waals surface area contributed by atoms with E-state index in [-0.39, 0.29) is 12.2 Å². The maximum absolute atomic E-state index is 10.6. The van der Waals surface area contributed by atoms with Crippen LogP contribution in [0.4, 0.5) is 0 Å². The van der Waals surface area contributed by atoms with E-state index in [1.54, 1.807) is 30.7 Å². The highest BCUT2D eigenvalue weighted by Gasteiger charge is 2.13. The Bertz CT molecular complexity index is 702. The summed E-state index contributed by atoms with van der Waals surface area (Å²) in [6, 6.07) is 5.27. The van der Waals surface area contributed by atoms with Crippen LogP contribution in [0.5, 0.6) is 0 Å². The van der Waals surface area contributed by atoms with E-state index in [1.165, 1.54) is 4.52 Å². The third kappa shape index (κ3) is 1.71. The normalized spacial score (nSPS) is 10.9. The van der Waals surface area contributed by atoms with Crippen molar-refractivity contribution in [3.63, 3.8) is 0 Å². The third-order valence-corrected chi connectivity index (χ3v) is 2.37. The van der Waals surface area contributed by atoms with Crippen molar-refractivity contribution in [2.45, 2.75) is 6.42 Å². The standard InChI is InChI=1S/C11H8N4O3/c16-10(17)6-9-13-11-12-4-3-7(15(11)14-9)8-2-1-5-18-8/h1-5H,6H2,(H,16,17). The van der Waals surface area contributed by atoms with Gasteiger partial charge in [0.05, 0.1) is 6.26 Å². The Balaban J connectivity index is 2.16. The van der Waals surface area contributed by atoms with Crippen LogP contribution in [0.15, 0.2) is 35.1 Å². The average Bonchev–Trinajstić information content (AvgIpc) is 2.94. The molecule has 0 aliphatic carbocycles. The second kappa shape index (κ2) is 3.95. The Hall–Kier alpha value is -2.70. The van der Waals surface area contributed by atoms with Gasteiger partial charge in [-0.1, -0.05) is 0 Å². The molecule has 3 aromatic heterocycles. The Labute approximate surface area is 101 Å². The number of aliphatic carboxylic acids is 1. The van der Waals surface area contributed by atoms with E-state index >= 15 is 0 Å². The number of rotatable bonds is 3. The second-order valence-corrected chi connectivity index (χ2v) is 3.62. The molecule has 0 atom stereocenters. The van der Waals surface area contributed by atoms with Crippen molar-refractivity contribution in [1.82, 2.24) is 19.6 Å². The summed E-state index contributed by atoms with van der Waals surface area (Å²) in [5.41, 5.74) is 0.675. The van der Waals surface area contributed by atoms with Crippen molar-refractivity contribution in [3.05, 3.63) is 36.5 Å². The maximum atomic E-state index is 10.6. The molecular formula is C11H8N4O3. The molecular weight excluding hydrogens is 236 g/mol. The molecule has 90 valence electrons. The number of carboxylic acids is 1. The Morgan fingerprint density at radius 1 is 1.44 bits per heavy atom. The van der Waals surface area contributed by atoms with Crippen molar-refractivity contribution >= 4 is 11.7 Å². The molecule has 0 saturated carbocycles. The number of fused-ring (bicyclic) bond motifs is 1. The van der Waals surface area contributed by atoms with Crippen LogP contribution in [0, 0.1) is 0 Å². The molecule has 7 nitrogen and oxygen atoms in total. The fourth-order valence-corrected chi connectivity index (χ4v) is 1.66. The van der Waals surface area contributed by atoms with Crippen LogP contribution in [-0.2, 0) is 11.2 Å². The van der Waals surface area contributed by atoms with Crippen molar-refractivity contribution < 1.29 is 14.3 Å². The van der Waals surface area contributed by atoms with Crippen LogP contribution in [0.1, 0.15) is 5.82 Å². The lowest BCUT2D eigenvalue weighted by Gasteiger charge is -1.98. The van der Waals surface area contributed by atoms with Gasteiger partial charge in [0.1, 0.15) is 12.1 Å². The highest BCUT2D eigenvalue weighted by molar-refractivity contribution is 5.69. The largest absolute Gasteiger partial charge is 0.481 e. The number of hydrogen-bond donors (Lipinski definition) is 1. The average molecular weight is 244 g/mol. The molecule has 7 heteroatoms. The molecule has 0 bridgehead atoms. The molecule has 0 radical (unpaired) electrons. The summed E-state index contributed by atoms with van der Waals surface area (Å²) < 4.78 is 6.75. The highest BCUT2D eigenvalue weighted by Crippen LogP contribution is 2.19. The van der Waals surface area contributed by atoms with Crippen molar-refractivity contribution in [3.8, 4) is 11.5 Å².